The zero-order chi connectivity index (χ0) is 99.8. The van der Waals surface area contributed by atoms with Crippen molar-refractivity contribution in [3.05, 3.63) is 410 Å². The van der Waals surface area contributed by atoms with Crippen LogP contribution in [-0.4, -0.2) is 104 Å². The Kier molecular flexibility index (Phi) is 27.4. The molecule has 0 saturated carbocycles. The lowest BCUT2D eigenvalue weighted by Gasteiger charge is -2.18. The molecule has 0 N–H and O–H groups in total. The average molecular weight is 2060 g/mol. The Bertz CT molecular complexity index is 8020. The van der Waals surface area contributed by atoms with Gasteiger partial charge in [-0.05, 0) is 224 Å². The number of fused-ring (bicyclic) bond motifs is 4. The lowest BCUT2D eigenvalue weighted by Crippen LogP contribution is -2.22. The van der Waals surface area contributed by atoms with Gasteiger partial charge >= 0.3 is 24.7 Å². The SMILES string of the molecule is CCN(C)c1nc2c(=O)n(-c3ccc(Cl)cc3)c(-c3ccc(C(F)(F)F)cc3)nc2n1-c1ccccc1.CCN(C)c1nc2c(=O)n(-c3ccc(Cl)cc3)c(-c3ccc(C(F)(F)F)cc3)nc2n1-c1ccccc1.O=c1c2nc(Br)n(-c3ccccc3)c2nc(-c2ccc(C(F)(F)F)cc2)n1-c1ccc(Cl)cc1.O=c1c2ncn(-c3ccccc3)c2nc(-c2ccc(C(F)(F)F)cc2)n1-c1ccc(Cl)cc1. The van der Waals surface area contributed by atoms with Crippen molar-refractivity contribution in [1.29, 1.82) is 0 Å². The van der Waals surface area contributed by atoms with E-state index < -0.39 is 69.2 Å². The van der Waals surface area contributed by atoms with Gasteiger partial charge in [0.2, 0.25) is 11.9 Å². The number of rotatable bonds is 16. The fraction of sp³-hybridized carbons (Fsp3) is 0.0980. The minimum atomic E-state index is -4.49. The lowest BCUT2D eigenvalue weighted by molar-refractivity contribution is -0.138. The molecule has 0 aliphatic heterocycles. The molecule has 8 heterocycles. The molecule has 710 valence electrons. The Morgan fingerprint density at radius 1 is 0.270 bits per heavy atom. The first kappa shape index (κ1) is 97.1. The minimum Gasteiger partial charge on any atom is -0.345 e. The van der Waals surface area contributed by atoms with E-state index in [0.29, 0.717) is 117 Å². The first-order chi connectivity index (χ1) is 67.4. The number of hydrogen-bond donors (Lipinski definition) is 0. The van der Waals surface area contributed by atoms with E-state index >= 15 is 0 Å². The van der Waals surface area contributed by atoms with Gasteiger partial charge in [0, 0.05) is 80.9 Å². The standard InChI is InChI=1S/2C27H21ClF3N5O.C24H13BrClF3N4O.C24H14ClF3N4O/c2*1-3-34(2)26-32-22-24(36(26)20-7-5-4-6-8-20)33-23(17-9-11-18(12-10-17)27(29,30)31)35(25(22)37)21-15-13-19(28)14-16-21;25-23-30-19-21(33(23)17-4-2-1-3-5-17)31-20(14-6-8-15(9-7-14)24(27,28)29)32(22(19)34)18-12-10-16(26)11-13-18;25-17-10-12-19(13-11-17)32-21(15-6-8-16(9-7-15)24(26,27)28)30-22-20(23(32)33)29-14-31(22)18-4-2-1-3-5-18/h2*4-16H,3H2,1-2H3;1-13H;1-14H. The summed E-state index contributed by atoms with van der Waals surface area (Å²) in [4.78, 5) is 95.9. The number of anilines is 2. The molecule has 12 aromatic carbocycles. The van der Waals surface area contributed by atoms with Crippen LogP contribution in [0.3, 0.4) is 0 Å². The van der Waals surface area contributed by atoms with Gasteiger partial charge < -0.3 is 9.80 Å². The molecule has 0 unspecified atom stereocenters. The van der Waals surface area contributed by atoms with Gasteiger partial charge in [0.25, 0.3) is 22.2 Å². The van der Waals surface area contributed by atoms with Gasteiger partial charge in [-0.1, -0.05) is 168 Å². The van der Waals surface area contributed by atoms with Crippen LogP contribution >= 0.6 is 62.3 Å². The van der Waals surface area contributed by atoms with Crippen LogP contribution in [0, 0.1) is 0 Å². The van der Waals surface area contributed by atoms with Gasteiger partial charge in [-0.25, -0.2) is 39.9 Å². The molecule has 20 rings (SSSR count). The van der Waals surface area contributed by atoms with E-state index in [1.807, 2.05) is 159 Å². The molecular formula is C102H69BrCl4F12N18O4. The molecule has 0 bridgehead atoms. The maximum atomic E-state index is 14.0. The molecule has 0 amide bonds. The van der Waals surface area contributed by atoms with Crippen LogP contribution in [0.15, 0.2) is 346 Å². The topological polar surface area (TPSA) is 217 Å². The second-order valence-corrected chi connectivity index (χ2v) is 33.8. The molecule has 0 fully saturated rings. The van der Waals surface area contributed by atoms with Gasteiger partial charge in [0.15, 0.2) is 49.4 Å². The van der Waals surface area contributed by atoms with Crippen molar-refractivity contribution in [2.24, 2.45) is 0 Å². The van der Waals surface area contributed by atoms with Crippen molar-refractivity contribution in [3.8, 4) is 91.1 Å². The molecule has 0 aliphatic carbocycles. The molecule has 0 atom stereocenters. The number of halogens is 17. The summed E-state index contributed by atoms with van der Waals surface area (Å²) in [5, 5.41) is 1.90. The summed E-state index contributed by atoms with van der Waals surface area (Å²) in [5.74, 6) is 1.73. The van der Waals surface area contributed by atoms with E-state index in [9.17, 15) is 71.9 Å². The van der Waals surface area contributed by atoms with Gasteiger partial charge in [0.1, 0.15) is 29.6 Å². The zero-order valence-electron chi connectivity index (χ0n) is 73.6. The highest BCUT2D eigenvalue weighted by Gasteiger charge is 2.36. The molecule has 39 heteroatoms. The molecule has 22 nitrogen and oxygen atoms in total. The van der Waals surface area contributed by atoms with Crippen molar-refractivity contribution in [1.82, 2.24) is 76.4 Å². The number of hydrogen-bond acceptors (Lipinski definition) is 14. The van der Waals surface area contributed by atoms with Crippen LogP contribution < -0.4 is 32.0 Å². The maximum absolute atomic E-state index is 14.0. The Labute approximate surface area is 819 Å². The smallest absolute Gasteiger partial charge is 0.345 e. The first-order valence-corrected chi connectivity index (χ1v) is 44.9. The fourth-order valence-electron chi connectivity index (χ4n) is 15.3. The molecular weight excluding hydrogens is 1990 g/mol. The van der Waals surface area contributed by atoms with Crippen LogP contribution in [0.2, 0.25) is 20.1 Å². The molecule has 8 aromatic heterocycles. The van der Waals surface area contributed by atoms with E-state index in [0.717, 1.165) is 65.6 Å². The minimum absolute atomic E-state index is 0.0985. The van der Waals surface area contributed by atoms with Crippen LogP contribution in [0.5, 0.6) is 0 Å². The summed E-state index contributed by atoms with van der Waals surface area (Å²) in [7, 11) is 3.71. The summed E-state index contributed by atoms with van der Waals surface area (Å²) >= 11 is 27.5. The van der Waals surface area contributed by atoms with E-state index in [1.54, 1.807) is 115 Å². The normalized spacial score (nSPS) is 11.8. The Morgan fingerprint density at radius 2 is 0.496 bits per heavy atom. The largest absolute Gasteiger partial charge is 0.416 e. The number of nitrogens with zero attached hydrogens (tertiary/aromatic N) is 18. The molecule has 0 radical (unpaired) electrons. The highest BCUT2D eigenvalue weighted by molar-refractivity contribution is 9.10. The number of benzene rings is 12. The van der Waals surface area contributed by atoms with Crippen LogP contribution in [0.4, 0.5) is 64.6 Å². The zero-order valence-corrected chi connectivity index (χ0v) is 78.2. The third-order valence-corrected chi connectivity index (χ3v) is 24.0. The van der Waals surface area contributed by atoms with Crippen molar-refractivity contribution < 1.29 is 52.7 Å². The van der Waals surface area contributed by atoms with Crippen molar-refractivity contribution in [2.75, 3.05) is 37.0 Å². The third-order valence-electron chi connectivity index (χ3n) is 22.5. The van der Waals surface area contributed by atoms with E-state index in [2.05, 4.69) is 40.8 Å². The average Bonchev–Trinajstić information content (AvgIpc) is 1.60. The molecule has 0 aliphatic rings. The van der Waals surface area contributed by atoms with E-state index in [4.69, 9.17) is 61.4 Å². The number of imidazole rings is 4. The first-order valence-electron chi connectivity index (χ1n) is 42.6. The number of alkyl halides is 12. The maximum Gasteiger partial charge on any atom is 0.416 e. The van der Waals surface area contributed by atoms with Crippen molar-refractivity contribution in [2.45, 2.75) is 38.6 Å². The van der Waals surface area contributed by atoms with Crippen LogP contribution in [0.1, 0.15) is 36.1 Å². The van der Waals surface area contributed by atoms with E-state index in [-0.39, 0.29) is 51.0 Å². The van der Waals surface area contributed by atoms with Crippen LogP contribution in [-0.2, 0) is 24.7 Å². The molecule has 20 aromatic rings. The molecule has 0 saturated heterocycles. The van der Waals surface area contributed by atoms with Crippen LogP contribution in [0.25, 0.3) is 136 Å². The Morgan fingerprint density at radius 3 is 0.759 bits per heavy atom. The van der Waals surface area contributed by atoms with Gasteiger partial charge in [-0.15, -0.1) is 0 Å². The predicted molar refractivity (Wildman–Crippen MR) is 525 cm³/mol. The fourth-order valence-corrected chi connectivity index (χ4v) is 16.3. The third kappa shape index (κ3) is 20.0. The van der Waals surface area contributed by atoms with Crippen molar-refractivity contribution in [3.63, 3.8) is 0 Å². The second-order valence-electron chi connectivity index (χ2n) is 31.4. The predicted octanol–water partition coefficient (Wildman–Crippen LogP) is 25.3. The molecule has 141 heavy (non-hydrogen) atoms. The lowest BCUT2D eigenvalue weighted by atomic mass is 10.1. The summed E-state index contributed by atoms with van der Waals surface area (Å²) in [6.07, 6.45) is -16.4. The van der Waals surface area contributed by atoms with Gasteiger partial charge in [0.05, 0.1) is 56.4 Å². The van der Waals surface area contributed by atoms with Crippen molar-refractivity contribution >= 4 is 119 Å². The van der Waals surface area contributed by atoms with Gasteiger partial charge in [-0.2, -0.15) is 52.7 Å². The second kappa shape index (κ2) is 39.7. The summed E-state index contributed by atoms with van der Waals surface area (Å²) in [5.41, 5.74) is 2.77. The number of para-hydroxylation sites is 4. The monoisotopic (exact) mass is 2060 g/mol. The summed E-state index contributed by atoms with van der Waals surface area (Å²) < 4.78 is 171. The molecule has 0 spiro atoms. The highest BCUT2D eigenvalue weighted by atomic mass is 79.9. The Balaban J connectivity index is 0.000000130. The van der Waals surface area contributed by atoms with Gasteiger partial charge in [-0.3, -0.25) is 55.7 Å². The quantitative estimate of drug-likeness (QED) is 0.0649. The highest BCUT2D eigenvalue weighted by Crippen LogP contribution is 2.40. The Hall–Kier alpha value is -15.6. The van der Waals surface area contributed by atoms with E-state index in [1.165, 1.54) is 73.1 Å². The number of aromatic nitrogens is 16. The summed E-state index contributed by atoms with van der Waals surface area (Å²) in [6, 6.07) is 81.4. The summed E-state index contributed by atoms with van der Waals surface area (Å²) in [6.45, 7) is 5.16.